The predicted molar refractivity (Wildman–Crippen MR) is 119 cm³/mol. The van der Waals surface area contributed by atoms with E-state index in [4.69, 9.17) is 0 Å². The summed E-state index contributed by atoms with van der Waals surface area (Å²) in [6.07, 6.45) is 6.40. The van der Waals surface area contributed by atoms with Gasteiger partial charge in [0.25, 0.3) is 5.56 Å². The standard InChI is InChI=1S/C24H30N4O3/c1-16-7-8-20(11-17(16)2)28-14-19(12-23(28)30)24(31)25-9-10-27-15-26-21(13-22(27)29)18-5-3-4-6-18/h7-8,11,13,15,18-19H,3-6,9-10,12,14H2,1-2H3,(H,25,31). The normalized spacial score (nSPS) is 19.2. The van der Waals surface area contributed by atoms with Crippen LogP contribution in [0.1, 0.15) is 54.8 Å². The van der Waals surface area contributed by atoms with Crippen molar-refractivity contribution in [1.29, 1.82) is 0 Å². The van der Waals surface area contributed by atoms with Gasteiger partial charge < -0.3 is 10.2 Å². The number of carbonyl (C=O) groups is 2. The van der Waals surface area contributed by atoms with E-state index >= 15 is 0 Å². The zero-order valence-corrected chi connectivity index (χ0v) is 18.3. The van der Waals surface area contributed by atoms with Crippen molar-refractivity contribution < 1.29 is 9.59 Å². The molecule has 2 amide bonds. The minimum atomic E-state index is -0.381. The second kappa shape index (κ2) is 9.04. The van der Waals surface area contributed by atoms with Gasteiger partial charge in [0.05, 0.1) is 17.9 Å². The Morgan fingerprint density at radius 1 is 1.13 bits per heavy atom. The van der Waals surface area contributed by atoms with Crippen LogP contribution in [0.4, 0.5) is 5.69 Å². The lowest BCUT2D eigenvalue weighted by Crippen LogP contribution is -2.36. The Labute approximate surface area is 182 Å². The lowest BCUT2D eigenvalue weighted by Gasteiger charge is -2.18. The van der Waals surface area contributed by atoms with E-state index in [0.29, 0.717) is 25.6 Å². The first-order chi connectivity index (χ1) is 14.9. The van der Waals surface area contributed by atoms with Crippen LogP contribution in [0.25, 0.3) is 0 Å². The topological polar surface area (TPSA) is 84.3 Å². The second-order valence-electron chi connectivity index (χ2n) is 8.79. The summed E-state index contributed by atoms with van der Waals surface area (Å²) in [4.78, 5) is 43.6. The minimum Gasteiger partial charge on any atom is -0.354 e. The van der Waals surface area contributed by atoms with Crippen molar-refractivity contribution in [3.63, 3.8) is 0 Å². The smallest absolute Gasteiger partial charge is 0.253 e. The van der Waals surface area contributed by atoms with E-state index in [9.17, 15) is 14.4 Å². The fourth-order valence-corrected chi connectivity index (χ4v) is 4.52. The van der Waals surface area contributed by atoms with Gasteiger partial charge >= 0.3 is 0 Å². The zero-order chi connectivity index (χ0) is 22.0. The van der Waals surface area contributed by atoms with Crippen LogP contribution in [0.15, 0.2) is 35.4 Å². The molecular weight excluding hydrogens is 392 g/mol. The fourth-order valence-electron chi connectivity index (χ4n) is 4.52. The van der Waals surface area contributed by atoms with Crippen molar-refractivity contribution in [2.45, 2.75) is 58.4 Å². The zero-order valence-electron chi connectivity index (χ0n) is 18.3. The third kappa shape index (κ3) is 4.70. The van der Waals surface area contributed by atoms with Crippen LogP contribution in [-0.2, 0) is 16.1 Å². The van der Waals surface area contributed by atoms with Crippen LogP contribution in [-0.4, -0.2) is 34.5 Å². The molecule has 1 aromatic heterocycles. The van der Waals surface area contributed by atoms with Crippen molar-refractivity contribution in [2.75, 3.05) is 18.0 Å². The van der Waals surface area contributed by atoms with Crippen molar-refractivity contribution in [3.8, 4) is 0 Å². The highest BCUT2D eigenvalue weighted by Crippen LogP contribution is 2.32. The van der Waals surface area contributed by atoms with Crippen LogP contribution >= 0.6 is 0 Å². The second-order valence-corrected chi connectivity index (χ2v) is 8.79. The molecule has 0 bridgehead atoms. The molecule has 2 heterocycles. The summed E-state index contributed by atoms with van der Waals surface area (Å²) >= 11 is 0. The molecule has 0 radical (unpaired) electrons. The van der Waals surface area contributed by atoms with Crippen molar-refractivity contribution >= 4 is 17.5 Å². The van der Waals surface area contributed by atoms with E-state index in [1.807, 2.05) is 32.0 Å². The number of rotatable bonds is 6. The monoisotopic (exact) mass is 422 g/mol. The van der Waals surface area contributed by atoms with Gasteiger partial charge in [0.2, 0.25) is 11.8 Å². The van der Waals surface area contributed by atoms with Crippen molar-refractivity contribution in [2.24, 2.45) is 5.92 Å². The highest BCUT2D eigenvalue weighted by Gasteiger charge is 2.35. The first kappa shape index (κ1) is 21.3. The summed E-state index contributed by atoms with van der Waals surface area (Å²) < 4.78 is 1.53. The van der Waals surface area contributed by atoms with Gasteiger partial charge in [-0.25, -0.2) is 4.98 Å². The summed E-state index contributed by atoms with van der Waals surface area (Å²) in [6.45, 7) is 5.12. The molecule has 2 aromatic rings. The Bertz CT molecular complexity index is 1040. The van der Waals surface area contributed by atoms with Crippen molar-refractivity contribution in [3.05, 3.63) is 57.8 Å². The molecule has 1 saturated carbocycles. The number of hydrogen-bond acceptors (Lipinski definition) is 4. The molecule has 0 spiro atoms. The molecule has 1 aliphatic heterocycles. The molecule has 1 aromatic carbocycles. The fraction of sp³-hybridized carbons (Fsp3) is 0.500. The Kier molecular flexibility index (Phi) is 6.20. The average Bonchev–Trinajstić information content (AvgIpc) is 3.41. The molecule has 2 fully saturated rings. The molecule has 31 heavy (non-hydrogen) atoms. The minimum absolute atomic E-state index is 0.0358. The number of nitrogens with zero attached hydrogens (tertiary/aromatic N) is 3. The Morgan fingerprint density at radius 2 is 1.90 bits per heavy atom. The molecule has 2 aliphatic rings. The lowest BCUT2D eigenvalue weighted by atomic mass is 10.0. The molecule has 7 nitrogen and oxygen atoms in total. The van der Waals surface area contributed by atoms with Crippen LogP contribution < -0.4 is 15.8 Å². The van der Waals surface area contributed by atoms with Gasteiger partial charge in [0.1, 0.15) is 0 Å². The number of amides is 2. The number of aromatic nitrogens is 2. The van der Waals surface area contributed by atoms with Gasteiger partial charge in [-0.1, -0.05) is 18.9 Å². The van der Waals surface area contributed by atoms with E-state index in [-0.39, 0.29) is 29.7 Å². The van der Waals surface area contributed by atoms with E-state index in [1.54, 1.807) is 17.3 Å². The Morgan fingerprint density at radius 3 is 2.61 bits per heavy atom. The summed E-state index contributed by atoms with van der Waals surface area (Å²) in [5.41, 5.74) is 3.94. The maximum atomic E-state index is 12.6. The van der Waals surface area contributed by atoms with Crippen LogP contribution in [0.3, 0.4) is 0 Å². The third-order valence-electron chi connectivity index (χ3n) is 6.62. The summed E-state index contributed by atoms with van der Waals surface area (Å²) in [7, 11) is 0. The summed E-state index contributed by atoms with van der Waals surface area (Å²) in [6, 6.07) is 7.54. The molecule has 1 unspecified atom stereocenters. The number of aryl methyl sites for hydroxylation is 2. The highest BCUT2D eigenvalue weighted by atomic mass is 16.2. The number of hydrogen-bond donors (Lipinski definition) is 1. The predicted octanol–water partition coefficient (Wildman–Crippen LogP) is 2.69. The number of nitrogens with one attached hydrogen (secondary N) is 1. The Balaban J connectivity index is 1.30. The Hall–Kier alpha value is -2.96. The molecule has 164 valence electrons. The molecule has 4 rings (SSSR count). The third-order valence-corrected chi connectivity index (χ3v) is 6.62. The van der Waals surface area contributed by atoms with Gasteiger partial charge in [-0.15, -0.1) is 0 Å². The van der Waals surface area contributed by atoms with Crippen LogP contribution in [0.5, 0.6) is 0 Å². The molecule has 1 aliphatic carbocycles. The summed E-state index contributed by atoms with van der Waals surface area (Å²) in [5, 5.41) is 2.88. The van der Waals surface area contributed by atoms with Gasteiger partial charge in [-0.2, -0.15) is 0 Å². The lowest BCUT2D eigenvalue weighted by molar-refractivity contribution is -0.126. The van der Waals surface area contributed by atoms with Crippen LogP contribution in [0.2, 0.25) is 0 Å². The maximum Gasteiger partial charge on any atom is 0.253 e. The first-order valence-electron chi connectivity index (χ1n) is 11.1. The molecule has 1 atom stereocenters. The quantitative estimate of drug-likeness (QED) is 0.776. The highest BCUT2D eigenvalue weighted by molar-refractivity contribution is 6.00. The van der Waals surface area contributed by atoms with E-state index < -0.39 is 0 Å². The van der Waals surface area contributed by atoms with Crippen molar-refractivity contribution in [1.82, 2.24) is 14.9 Å². The largest absolute Gasteiger partial charge is 0.354 e. The maximum absolute atomic E-state index is 12.6. The van der Waals surface area contributed by atoms with Gasteiger partial charge in [0.15, 0.2) is 0 Å². The molecule has 1 saturated heterocycles. The van der Waals surface area contributed by atoms with E-state index in [2.05, 4.69) is 10.3 Å². The van der Waals surface area contributed by atoms with Gasteiger partial charge in [-0.05, 0) is 49.9 Å². The van der Waals surface area contributed by atoms with E-state index in [1.165, 1.54) is 23.0 Å². The molecule has 1 N–H and O–H groups in total. The average molecular weight is 423 g/mol. The SMILES string of the molecule is Cc1ccc(N2CC(C(=O)NCCn3cnc(C4CCCC4)cc3=O)CC2=O)cc1C. The number of carbonyl (C=O) groups excluding carboxylic acids is 2. The molecule has 7 heteroatoms. The molecular formula is C24H30N4O3. The van der Waals surface area contributed by atoms with Gasteiger partial charge in [0, 0.05) is 43.7 Å². The summed E-state index contributed by atoms with van der Waals surface area (Å²) in [5.74, 6) is -0.162. The van der Waals surface area contributed by atoms with Gasteiger partial charge in [-0.3, -0.25) is 19.0 Å². The van der Waals surface area contributed by atoms with E-state index in [0.717, 1.165) is 29.8 Å². The van der Waals surface area contributed by atoms with Crippen LogP contribution in [0, 0.1) is 19.8 Å². The number of anilines is 1. The number of benzene rings is 1. The first-order valence-corrected chi connectivity index (χ1v) is 11.1.